The molecule has 3 aromatic rings. The van der Waals surface area contributed by atoms with Gasteiger partial charge in [0.05, 0.1) is 28.6 Å². The number of halogens is 1. The van der Waals surface area contributed by atoms with Gasteiger partial charge in [0.15, 0.2) is 16.9 Å². The number of carbonyl (C=O) groups is 1. The van der Waals surface area contributed by atoms with Crippen LogP contribution in [0.25, 0.3) is 11.0 Å². The van der Waals surface area contributed by atoms with Crippen molar-refractivity contribution in [3.8, 4) is 11.5 Å². The first kappa shape index (κ1) is 17.6. The predicted molar refractivity (Wildman–Crippen MR) is 103 cm³/mol. The molecule has 2 aromatic carbocycles. The topological polar surface area (TPSA) is 80.0 Å². The zero-order valence-corrected chi connectivity index (χ0v) is 16.2. The Balaban J connectivity index is 2.03. The molecule has 27 heavy (non-hydrogen) atoms. The number of hydrogen-bond donors (Lipinski definition) is 1. The molecule has 0 radical (unpaired) electrons. The first-order valence-electron chi connectivity index (χ1n) is 8.41. The normalized spacial score (nSPS) is 16.0. The van der Waals surface area contributed by atoms with Crippen molar-refractivity contribution in [3.05, 3.63) is 68.0 Å². The molecular formula is C20H16BrNO5. The van der Waals surface area contributed by atoms with Crippen molar-refractivity contribution in [1.29, 1.82) is 0 Å². The van der Waals surface area contributed by atoms with E-state index in [1.165, 1.54) is 7.11 Å². The van der Waals surface area contributed by atoms with Crippen LogP contribution >= 0.6 is 15.9 Å². The Morgan fingerprint density at radius 2 is 2.00 bits per heavy atom. The van der Waals surface area contributed by atoms with E-state index in [-0.39, 0.29) is 28.6 Å². The van der Waals surface area contributed by atoms with Gasteiger partial charge in [0.2, 0.25) is 5.76 Å². The van der Waals surface area contributed by atoms with E-state index in [0.29, 0.717) is 33.1 Å². The van der Waals surface area contributed by atoms with Gasteiger partial charge in [0, 0.05) is 6.54 Å². The minimum Gasteiger partial charge on any atom is -0.503 e. The molecule has 0 fully saturated rings. The second-order valence-electron chi connectivity index (χ2n) is 6.22. The van der Waals surface area contributed by atoms with Gasteiger partial charge in [-0.15, -0.1) is 0 Å². The van der Waals surface area contributed by atoms with E-state index in [2.05, 4.69) is 15.9 Å². The number of phenolic OH excluding ortho intramolecular Hbond substituents is 1. The number of para-hydroxylation sites is 1. The van der Waals surface area contributed by atoms with E-state index in [0.717, 1.165) is 0 Å². The summed E-state index contributed by atoms with van der Waals surface area (Å²) in [6.45, 7) is 2.23. The number of hydrogen-bond acceptors (Lipinski definition) is 5. The van der Waals surface area contributed by atoms with Crippen LogP contribution in [0.5, 0.6) is 11.5 Å². The second kappa shape index (κ2) is 6.42. The molecule has 1 aromatic heterocycles. The van der Waals surface area contributed by atoms with E-state index < -0.39 is 6.04 Å². The smallest absolute Gasteiger partial charge is 0.290 e. The fourth-order valence-corrected chi connectivity index (χ4v) is 4.01. The Kier molecular flexibility index (Phi) is 4.19. The molecule has 1 aliphatic rings. The predicted octanol–water partition coefficient (Wildman–Crippen LogP) is 3.83. The van der Waals surface area contributed by atoms with Crippen molar-refractivity contribution in [2.75, 3.05) is 13.7 Å². The number of rotatable bonds is 3. The quantitative estimate of drug-likeness (QED) is 0.683. The van der Waals surface area contributed by atoms with Crippen molar-refractivity contribution in [1.82, 2.24) is 4.90 Å². The number of fused-ring (bicyclic) bond motifs is 2. The van der Waals surface area contributed by atoms with Crippen LogP contribution in [-0.4, -0.2) is 29.6 Å². The Morgan fingerprint density at radius 3 is 2.70 bits per heavy atom. The fraction of sp³-hybridized carbons (Fsp3) is 0.200. The monoisotopic (exact) mass is 429 g/mol. The molecule has 138 valence electrons. The number of aromatic hydroxyl groups is 1. The lowest BCUT2D eigenvalue weighted by atomic mass is 9.98. The lowest BCUT2D eigenvalue weighted by molar-refractivity contribution is 0.0737. The summed E-state index contributed by atoms with van der Waals surface area (Å²) in [6, 6.07) is 9.57. The summed E-state index contributed by atoms with van der Waals surface area (Å²) in [5.74, 6) is -0.0573. The van der Waals surface area contributed by atoms with Crippen LogP contribution in [0.4, 0.5) is 0 Å². The van der Waals surface area contributed by atoms with Crippen LogP contribution in [0, 0.1) is 0 Å². The first-order valence-corrected chi connectivity index (χ1v) is 9.20. The first-order chi connectivity index (χ1) is 13.0. The van der Waals surface area contributed by atoms with Gasteiger partial charge in [-0.05, 0) is 52.7 Å². The Hall–Kier alpha value is -2.80. The number of phenols is 1. The highest BCUT2D eigenvalue weighted by Crippen LogP contribution is 2.43. The van der Waals surface area contributed by atoms with Gasteiger partial charge in [-0.3, -0.25) is 9.59 Å². The molecule has 1 N–H and O–H groups in total. The molecule has 0 saturated heterocycles. The summed E-state index contributed by atoms with van der Waals surface area (Å²) < 4.78 is 11.4. The molecule has 7 heteroatoms. The van der Waals surface area contributed by atoms with Crippen molar-refractivity contribution < 1.29 is 19.1 Å². The molecule has 6 nitrogen and oxygen atoms in total. The molecule has 2 heterocycles. The third-order valence-corrected chi connectivity index (χ3v) is 5.40. The average molecular weight is 430 g/mol. The van der Waals surface area contributed by atoms with E-state index >= 15 is 0 Å². The highest BCUT2D eigenvalue weighted by molar-refractivity contribution is 9.10. The zero-order valence-electron chi connectivity index (χ0n) is 14.7. The summed E-state index contributed by atoms with van der Waals surface area (Å²) >= 11 is 3.31. The summed E-state index contributed by atoms with van der Waals surface area (Å²) in [6.07, 6.45) is 0. The maximum atomic E-state index is 13.2. The van der Waals surface area contributed by atoms with Crippen LogP contribution in [0.2, 0.25) is 0 Å². The van der Waals surface area contributed by atoms with Gasteiger partial charge in [0.1, 0.15) is 5.58 Å². The van der Waals surface area contributed by atoms with E-state index in [1.807, 2.05) is 6.92 Å². The highest BCUT2D eigenvalue weighted by Gasteiger charge is 2.42. The third-order valence-electron chi connectivity index (χ3n) is 4.80. The summed E-state index contributed by atoms with van der Waals surface area (Å²) in [4.78, 5) is 27.7. The van der Waals surface area contributed by atoms with E-state index in [9.17, 15) is 14.7 Å². The van der Waals surface area contributed by atoms with Gasteiger partial charge < -0.3 is 19.2 Å². The van der Waals surface area contributed by atoms with Crippen molar-refractivity contribution in [2.24, 2.45) is 0 Å². The molecule has 0 saturated carbocycles. The molecule has 1 atom stereocenters. The van der Waals surface area contributed by atoms with E-state index in [4.69, 9.17) is 9.15 Å². The number of carbonyl (C=O) groups excluding carboxylic acids is 1. The fourth-order valence-electron chi connectivity index (χ4n) is 3.55. The number of nitrogens with zero attached hydrogens (tertiary/aromatic N) is 1. The van der Waals surface area contributed by atoms with Crippen LogP contribution in [0.1, 0.15) is 34.6 Å². The summed E-state index contributed by atoms with van der Waals surface area (Å²) in [7, 11) is 1.44. The van der Waals surface area contributed by atoms with Gasteiger partial charge in [-0.25, -0.2) is 0 Å². The van der Waals surface area contributed by atoms with Gasteiger partial charge in [0.25, 0.3) is 5.91 Å². The standard InChI is InChI=1S/C20H16BrNO5/c1-3-22-16(10-8-12(21)18(24)14(9-10)26-2)15-17(23)11-6-4-5-7-13(11)27-19(15)20(22)25/h4-9,16,24H,3H2,1-2H3/t16-/m1/s1. The lowest BCUT2D eigenvalue weighted by Crippen LogP contribution is -2.29. The van der Waals surface area contributed by atoms with Crippen LogP contribution in [0.3, 0.4) is 0 Å². The van der Waals surface area contributed by atoms with Crippen molar-refractivity contribution in [3.63, 3.8) is 0 Å². The number of methoxy groups -OCH3 is 1. The van der Waals surface area contributed by atoms with E-state index in [1.54, 1.807) is 41.3 Å². The number of amides is 1. The molecule has 0 bridgehead atoms. The maximum Gasteiger partial charge on any atom is 0.290 e. The van der Waals surface area contributed by atoms with Crippen molar-refractivity contribution in [2.45, 2.75) is 13.0 Å². The summed E-state index contributed by atoms with van der Waals surface area (Å²) in [5, 5.41) is 10.5. The maximum absolute atomic E-state index is 13.2. The Labute approximate surface area is 163 Å². The lowest BCUT2D eigenvalue weighted by Gasteiger charge is -2.24. The molecular weight excluding hydrogens is 414 g/mol. The molecule has 0 aliphatic carbocycles. The van der Waals surface area contributed by atoms with Crippen LogP contribution in [0.15, 0.2) is 50.1 Å². The molecule has 0 spiro atoms. The third kappa shape index (κ3) is 2.53. The second-order valence-corrected chi connectivity index (χ2v) is 7.07. The molecule has 0 unspecified atom stereocenters. The van der Waals surface area contributed by atoms with Crippen molar-refractivity contribution >= 4 is 32.8 Å². The number of benzene rings is 2. The zero-order chi connectivity index (χ0) is 19.3. The van der Waals surface area contributed by atoms with Crippen LogP contribution < -0.4 is 10.2 Å². The average Bonchev–Trinajstić information content (AvgIpc) is 2.96. The molecule has 1 aliphatic heterocycles. The largest absolute Gasteiger partial charge is 0.503 e. The SMILES string of the molecule is CCN1C(=O)c2oc3ccccc3c(=O)c2[C@H]1c1cc(Br)c(O)c(OC)c1. The van der Waals surface area contributed by atoms with Gasteiger partial charge in [-0.2, -0.15) is 0 Å². The van der Waals surface area contributed by atoms with Gasteiger partial charge in [-0.1, -0.05) is 12.1 Å². The number of ether oxygens (including phenoxy) is 1. The molecule has 4 rings (SSSR count). The minimum atomic E-state index is -0.621. The Bertz CT molecular complexity index is 1140. The Morgan fingerprint density at radius 1 is 1.26 bits per heavy atom. The van der Waals surface area contributed by atoms with Crippen LogP contribution in [-0.2, 0) is 0 Å². The highest BCUT2D eigenvalue weighted by atomic mass is 79.9. The summed E-state index contributed by atoms with van der Waals surface area (Å²) in [5.41, 5.74) is 1.10. The minimum absolute atomic E-state index is 0.0422. The molecule has 1 amide bonds. The van der Waals surface area contributed by atoms with Gasteiger partial charge >= 0.3 is 0 Å².